The van der Waals surface area contributed by atoms with Gasteiger partial charge in [0.2, 0.25) is 5.95 Å². The van der Waals surface area contributed by atoms with Gasteiger partial charge in [-0.25, -0.2) is 23.7 Å². The number of halogens is 1. The third-order valence-electron chi connectivity index (χ3n) is 9.71. The van der Waals surface area contributed by atoms with E-state index in [0.29, 0.717) is 34.9 Å². The standard InChI is InChI=1S/C33H45FN10O/c1-22(2)43-31(45)27-19-35-32(39-30(27)44(43)29-7-5-6-28(38-29)33(3,4)34)37-24-18-36-42(21-24)26-12-10-25(11-13-26)41-16-14-40(15-17-41)20-23-8-9-23/h5-7,18-19,21-23,25-26H,8-17,20H2,1-4H3,(H,35,37,39). The Labute approximate surface area is 263 Å². The number of nitrogens with zero attached hydrogens (tertiary/aromatic N) is 9. The summed E-state index contributed by atoms with van der Waals surface area (Å²) in [6.07, 6.45) is 12.9. The van der Waals surface area contributed by atoms with Crippen molar-refractivity contribution in [2.24, 2.45) is 5.92 Å². The summed E-state index contributed by atoms with van der Waals surface area (Å²) in [5.74, 6) is 1.75. The molecule has 0 radical (unpaired) electrons. The SMILES string of the molecule is CC(C)n1c(=O)c2cnc(Nc3cnn(C4CCC(N5CCN(CC6CC6)CC5)CC4)c3)nc2n1-c1cccc(C(C)(C)F)n1. The normalized spacial score (nSPS) is 22.0. The van der Waals surface area contributed by atoms with Gasteiger partial charge in [0.15, 0.2) is 11.5 Å². The van der Waals surface area contributed by atoms with Gasteiger partial charge in [-0.2, -0.15) is 10.1 Å². The minimum absolute atomic E-state index is 0.183. The second-order valence-electron chi connectivity index (χ2n) is 13.9. The molecule has 3 aliphatic rings. The molecule has 0 atom stereocenters. The van der Waals surface area contributed by atoms with Crippen LogP contribution in [0.25, 0.3) is 16.9 Å². The van der Waals surface area contributed by atoms with Crippen molar-refractivity contribution in [1.82, 2.24) is 43.9 Å². The summed E-state index contributed by atoms with van der Waals surface area (Å²) in [5.41, 5.74) is -0.369. The van der Waals surface area contributed by atoms with Crippen LogP contribution < -0.4 is 10.9 Å². The molecule has 0 bridgehead atoms. The lowest BCUT2D eigenvalue weighted by Crippen LogP contribution is -2.51. The number of rotatable bonds is 9. The van der Waals surface area contributed by atoms with Crippen LogP contribution in [0.15, 0.2) is 41.6 Å². The minimum Gasteiger partial charge on any atom is -0.321 e. The first-order valence-electron chi connectivity index (χ1n) is 16.6. The fourth-order valence-electron chi connectivity index (χ4n) is 7.01. The molecular weight excluding hydrogens is 571 g/mol. The van der Waals surface area contributed by atoms with Gasteiger partial charge in [0, 0.05) is 57.2 Å². The molecular formula is C33H45FN10O. The van der Waals surface area contributed by atoms with Crippen molar-refractivity contribution in [2.45, 2.75) is 90.0 Å². The van der Waals surface area contributed by atoms with Crippen molar-refractivity contribution in [3.05, 3.63) is 52.8 Å². The number of anilines is 2. The highest BCUT2D eigenvalue weighted by molar-refractivity contribution is 5.77. The second-order valence-corrected chi connectivity index (χ2v) is 13.9. The molecule has 11 nitrogen and oxygen atoms in total. The molecule has 1 saturated heterocycles. The molecule has 12 heteroatoms. The lowest BCUT2D eigenvalue weighted by Gasteiger charge is -2.42. The molecule has 1 N–H and O–H groups in total. The van der Waals surface area contributed by atoms with E-state index in [1.807, 2.05) is 20.0 Å². The Hall–Kier alpha value is -3.64. The van der Waals surface area contributed by atoms with Crippen LogP contribution in [-0.2, 0) is 5.67 Å². The first-order chi connectivity index (χ1) is 21.6. The molecule has 0 amide bonds. The topological polar surface area (TPSA) is 102 Å². The summed E-state index contributed by atoms with van der Waals surface area (Å²) in [6.45, 7) is 12.9. The Morgan fingerprint density at radius 1 is 0.978 bits per heavy atom. The Kier molecular flexibility index (Phi) is 7.97. The quantitative estimate of drug-likeness (QED) is 0.273. The van der Waals surface area contributed by atoms with Crippen molar-refractivity contribution < 1.29 is 4.39 Å². The molecule has 0 unspecified atom stereocenters. The number of alkyl halides is 1. The van der Waals surface area contributed by atoms with Gasteiger partial charge in [-0.15, -0.1) is 0 Å². The van der Waals surface area contributed by atoms with E-state index in [1.165, 1.54) is 72.3 Å². The van der Waals surface area contributed by atoms with E-state index in [9.17, 15) is 9.18 Å². The maximum absolute atomic E-state index is 14.8. The molecule has 5 heterocycles. The lowest BCUT2D eigenvalue weighted by molar-refractivity contribution is 0.0685. The summed E-state index contributed by atoms with van der Waals surface area (Å²) in [5, 5.41) is 8.35. The predicted molar refractivity (Wildman–Crippen MR) is 173 cm³/mol. The van der Waals surface area contributed by atoms with Crippen molar-refractivity contribution in [2.75, 3.05) is 38.0 Å². The molecule has 3 fully saturated rings. The number of aromatic nitrogens is 7. The molecule has 240 valence electrons. The van der Waals surface area contributed by atoms with Gasteiger partial charge in [0.1, 0.15) is 11.1 Å². The van der Waals surface area contributed by atoms with E-state index < -0.39 is 5.67 Å². The number of piperazine rings is 1. The molecule has 7 rings (SSSR count). The van der Waals surface area contributed by atoms with Gasteiger partial charge in [-0.3, -0.25) is 14.4 Å². The lowest BCUT2D eigenvalue weighted by atomic mass is 9.90. The summed E-state index contributed by atoms with van der Waals surface area (Å²) >= 11 is 0. The summed E-state index contributed by atoms with van der Waals surface area (Å²) in [7, 11) is 0. The van der Waals surface area contributed by atoms with Gasteiger partial charge in [0.25, 0.3) is 5.56 Å². The van der Waals surface area contributed by atoms with E-state index >= 15 is 0 Å². The first kappa shape index (κ1) is 30.0. The number of hydrogen-bond donors (Lipinski definition) is 1. The van der Waals surface area contributed by atoms with Crippen LogP contribution in [0.2, 0.25) is 0 Å². The molecule has 0 spiro atoms. The van der Waals surface area contributed by atoms with Crippen LogP contribution in [0.5, 0.6) is 0 Å². The average Bonchev–Trinajstić information content (AvgIpc) is 3.64. The van der Waals surface area contributed by atoms with Crippen LogP contribution in [-0.4, -0.2) is 82.7 Å². The molecule has 2 saturated carbocycles. The Balaban J connectivity index is 1.05. The van der Waals surface area contributed by atoms with Crippen molar-refractivity contribution >= 4 is 22.7 Å². The van der Waals surface area contributed by atoms with Gasteiger partial charge in [-0.1, -0.05) is 6.07 Å². The predicted octanol–water partition coefficient (Wildman–Crippen LogP) is 5.21. The highest BCUT2D eigenvalue weighted by atomic mass is 19.1. The van der Waals surface area contributed by atoms with E-state index in [-0.39, 0.29) is 17.3 Å². The summed E-state index contributed by atoms with van der Waals surface area (Å²) in [6, 6.07) is 6.03. The van der Waals surface area contributed by atoms with Crippen LogP contribution in [0.1, 0.15) is 84.0 Å². The Morgan fingerprint density at radius 2 is 1.71 bits per heavy atom. The van der Waals surface area contributed by atoms with E-state index in [4.69, 9.17) is 10.1 Å². The Bertz CT molecular complexity index is 1700. The minimum atomic E-state index is -1.63. The number of nitrogens with one attached hydrogen (secondary N) is 1. The van der Waals surface area contributed by atoms with Gasteiger partial charge in [-0.05, 0) is 84.3 Å². The first-order valence-corrected chi connectivity index (χ1v) is 16.6. The van der Waals surface area contributed by atoms with Gasteiger partial charge >= 0.3 is 0 Å². The third kappa shape index (κ3) is 6.27. The zero-order valence-corrected chi connectivity index (χ0v) is 26.9. The van der Waals surface area contributed by atoms with E-state index in [2.05, 4.69) is 29.8 Å². The summed E-state index contributed by atoms with van der Waals surface area (Å²) in [4.78, 5) is 32.6. The molecule has 4 aromatic rings. The highest BCUT2D eigenvalue weighted by Gasteiger charge is 2.31. The van der Waals surface area contributed by atoms with Gasteiger partial charge in [0.05, 0.1) is 23.6 Å². The monoisotopic (exact) mass is 616 g/mol. The fraction of sp³-hybridized carbons (Fsp3) is 0.606. The van der Waals surface area contributed by atoms with E-state index in [1.54, 1.807) is 40.0 Å². The molecule has 1 aliphatic heterocycles. The van der Waals surface area contributed by atoms with Crippen LogP contribution in [0, 0.1) is 5.92 Å². The smallest absolute Gasteiger partial charge is 0.278 e. The third-order valence-corrected chi connectivity index (χ3v) is 9.71. The zero-order valence-electron chi connectivity index (χ0n) is 26.9. The molecule has 45 heavy (non-hydrogen) atoms. The molecule has 0 aromatic carbocycles. The van der Waals surface area contributed by atoms with Crippen LogP contribution in [0.3, 0.4) is 0 Å². The Morgan fingerprint density at radius 3 is 2.40 bits per heavy atom. The van der Waals surface area contributed by atoms with Crippen LogP contribution in [0.4, 0.5) is 16.0 Å². The largest absolute Gasteiger partial charge is 0.321 e. The average molecular weight is 617 g/mol. The highest BCUT2D eigenvalue weighted by Crippen LogP contribution is 2.33. The van der Waals surface area contributed by atoms with Crippen molar-refractivity contribution in [3.63, 3.8) is 0 Å². The fourth-order valence-corrected chi connectivity index (χ4v) is 7.01. The van der Waals surface area contributed by atoms with Gasteiger partial charge < -0.3 is 10.2 Å². The molecule has 4 aromatic heterocycles. The number of fused-ring (bicyclic) bond motifs is 1. The zero-order chi connectivity index (χ0) is 31.3. The number of hydrogen-bond acceptors (Lipinski definition) is 8. The molecule has 2 aliphatic carbocycles. The number of pyridine rings is 1. The van der Waals surface area contributed by atoms with Crippen molar-refractivity contribution in [1.29, 1.82) is 0 Å². The summed E-state index contributed by atoms with van der Waals surface area (Å²) < 4.78 is 20.1. The second kappa shape index (κ2) is 11.9. The van der Waals surface area contributed by atoms with Crippen molar-refractivity contribution in [3.8, 4) is 5.82 Å². The maximum Gasteiger partial charge on any atom is 0.278 e. The maximum atomic E-state index is 14.8. The van der Waals surface area contributed by atoms with E-state index in [0.717, 1.165) is 24.4 Å². The van der Waals surface area contributed by atoms with Crippen LogP contribution >= 0.6 is 0 Å².